The highest BCUT2D eigenvalue weighted by atomic mass is 32.1. The first-order chi connectivity index (χ1) is 37.6. The number of piperazine rings is 1. The van der Waals surface area contributed by atoms with Crippen molar-refractivity contribution in [3.8, 4) is 16.9 Å². The van der Waals surface area contributed by atoms with Gasteiger partial charge in [-0.1, -0.05) is 60.6 Å². The van der Waals surface area contributed by atoms with Crippen molar-refractivity contribution in [2.75, 3.05) is 47.8 Å². The Morgan fingerprint density at radius 2 is 1.64 bits per heavy atom. The molecule has 3 aromatic heterocycles. The van der Waals surface area contributed by atoms with Crippen molar-refractivity contribution in [2.24, 2.45) is 13.0 Å². The predicted octanol–water partition coefficient (Wildman–Crippen LogP) is 11.2. The van der Waals surface area contributed by atoms with Crippen molar-refractivity contribution in [1.82, 2.24) is 30.0 Å². The lowest BCUT2D eigenvalue weighted by molar-refractivity contribution is -0.134. The number of esters is 1. The molecule has 7 aromatic rings. The average Bonchev–Trinajstić information content (AvgIpc) is 4.15. The number of nitrogens with zero attached hydrogens (tertiary/aromatic N) is 7. The third-order valence-corrected chi connectivity index (χ3v) is 17.4. The molecular formula is C62H71N9O6S. The molecule has 1 aliphatic carbocycles. The molecule has 15 nitrogen and oxygen atoms in total. The van der Waals surface area contributed by atoms with E-state index in [9.17, 15) is 19.2 Å². The van der Waals surface area contributed by atoms with E-state index in [1.807, 2.05) is 99.2 Å². The van der Waals surface area contributed by atoms with Crippen LogP contribution >= 0.6 is 11.3 Å². The number of thiazole rings is 1. The van der Waals surface area contributed by atoms with E-state index in [4.69, 9.17) is 19.6 Å². The third-order valence-electron chi connectivity index (χ3n) is 16.5. The first-order valence-electron chi connectivity index (χ1n) is 28.0. The zero-order valence-corrected chi connectivity index (χ0v) is 46.6. The Morgan fingerprint density at radius 3 is 2.42 bits per heavy atom. The van der Waals surface area contributed by atoms with Crippen LogP contribution in [0, 0.1) is 12.8 Å². The van der Waals surface area contributed by atoms with Gasteiger partial charge >= 0.3 is 5.97 Å². The second kappa shape index (κ2) is 22.3. The first-order valence-corrected chi connectivity index (χ1v) is 28.8. The molecule has 0 bridgehead atoms. The quantitative estimate of drug-likeness (QED) is 0.0784. The van der Waals surface area contributed by atoms with Crippen LogP contribution in [0.25, 0.3) is 32.2 Å². The van der Waals surface area contributed by atoms with Crippen LogP contribution in [0.3, 0.4) is 0 Å². The molecule has 3 amide bonds. The molecule has 1 unspecified atom stereocenters. The molecule has 2 N–H and O–H groups in total. The maximum absolute atomic E-state index is 14.1. The smallest absolute Gasteiger partial charge is 0.358 e. The van der Waals surface area contributed by atoms with Crippen molar-refractivity contribution in [3.63, 3.8) is 0 Å². The summed E-state index contributed by atoms with van der Waals surface area (Å²) in [5, 5.41) is 11.8. The molecule has 3 fully saturated rings. The molecule has 0 spiro atoms. The minimum atomic E-state index is -0.731. The molecule has 78 heavy (non-hydrogen) atoms. The van der Waals surface area contributed by atoms with Crippen LogP contribution in [0.15, 0.2) is 91.0 Å². The van der Waals surface area contributed by atoms with Crippen molar-refractivity contribution in [1.29, 1.82) is 0 Å². The van der Waals surface area contributed by atoms with Crippen molar-refractivity contribution >= 4 is 72.8 Å². The Morgan fingerprint density at radius 1 is 0.846 bits per heavy atom. The summed E-state index contributed by atoms with van der Waals surface area (Å²) in [5.74, 6) is 0.590. The number of hydrogen-bond donors (Lipinski definition) is 2. The number of piperidine rings is 1. The Labute approximate surface area is 460 Å². The lowest BCUT2D eigenvalue weighted by Crippen LogP contribution is -2.49. The summed E-state index contributed by atoms with van der Waals surface area (Å²) in [5.41, 5.74) is 8.46. The third kappa shape index (κ3) is 11.4. The summed E-state index contributed by atoms with van der Waals surface area (Å²) in [6, 6.07) is 30.7. The highest BCUT2D eigenvalue weighted by molar-refractivity contribution is 7.22. The van der Waals surface area contributed by atoms with E-state index in [-0.39, 0.29) is 29.5 Å². The van der Waals surface area contributed by atoms with Crippen LogP contribution in [-0.4, -0.2) is 98.8 Å². The molecule has 16 heteroatoms. The minimum absolute atomic E-state index is 0.123. The van der Waals surface area contributed by atoms with E-state index in [1.165, 1.54) is 36.3 Å². The molecule has 3 aliphatic heterocycles. The molecule has 406 valence electrons. The fourth-order valence-electron chi connectivity index (χ4n) is 12.1. The fraction of sp³-hybridized carbons (Fsp3) is 0.435. The molecule has 4 aromatic carbocycles. The number of rotatable bonds is 14. The van der Waals surface area contributed by atoms with Gasteiger partial charge in [-0.3, -0.25) is 34.6 Å². The zero-order valence-electron chi connectivity index (χ0n) is 45.8. The number of carbonyl (C=O) groups excluding carboxylic acids is 4. The molecule has 2 saturated heterocycles. The molecule has 11 rings (SSSR count). The van der Waals surface area contributed by atoms with Gasteiger partial charge in [-0.05, 0) is 162 Å². The molecule has 4 aliphatic rings. The summed E-state index contributed by atoms with van der Waals surface area (Å²) in [7, 11) is 1.93. The van der Waals surface area contributed by atoms with Gasteiger partial charge in [-0.25, -0.2) is 14.8 Å². The van der Waals surface area contributed by atoms with Gasteiger partial charge in [0.05, 0.1) is 33.4 Å². The van der Waals surface area contributed by atoms with Gasteiger partial charge in [0, 0.05) is 81.0 Å². The van der Waals surface area contributed by atoms with Crippen LogP contribution < -0.4 is 25.2 Å². The number of ether oxygens (including phenoxy) is 2. The largest absolute Gasteiger partial charge is 0.490 e. The summed E-state index contributed by atoms with van der Waals surface area (Å²) in [4.78, 5) is 69.3. The first kappa shape index (κ1) is 52.9. The van der Waals surface area contributed by atoms with E-state index in [1.54, 1.807) is 0 Å². The van der Waals surface area contributed by atoms with Gasteiger partial charge in [0.2, 0.25) is 11.8 Å². The number of anilines is 3. The number of benzene rings is 4. The average molecular weight is 1070 g/mol. The monoisotopic (exact) mass is 1070 g/mol. The van der Waals surface area contributed by atoms with Crippen LogP contribution in [0.1, 0.15) is 135 Å². The lowest BCUT2D eigenvalue weighted by Gasteiger charge is -2.39. The van der Waals surface area contributed by atoms with Crippen molar-refractivity contribution < 1.29 is 28.7 Å². The molecule has 1 saturated carbocycles. The second-order valence-corrected chi connectivity index (χ2v) is 23.9. The molecule has 2 atom stereocenters. The van der Waals surface area contributed by atoms with E-state index in [2.05, 4.69) is 68.4 Å². The SMILES string of the molecule is Cc1c(OC2CCC(CCC[C@@H](C)N3CCN(c4ccc5c(C6CCC(=O)NC6=O)nn(C)c5c4)CC3)CC2)cccc1-c1ccc(N2CCc3cccc(C(=O)Nc4nc5ccccc5s4)c3C2)nc1C(=O)OC(C)(C)C. The van der Waals surface area contributed by atoms with Gasteiger partial charge in [0.1, 0.15) is 17.2 Å². The summed E-state index contributed by atoms with van der Waals surface area (Å²) in [6.07, 6.45) is 9.63. The van der Waals surface area contributed by atoms with Crippen LogP contribution in [0.4, 0.5) is 16.6 Å². The summed E-state index contributed by atoms with van der Waals surface area (Å²) >= 11 is 1.45. The number of carbonyl (C=O) groups is 4. The second-order valence-electron chi connectivity index (χ2n) is 22.8. The number of aromatic nitrogens is 4. The van der Waals surface area contributed by atoms with Gasteiger partial charge in [-0.15, -0.1) is 0 Å². The number of nitrogens with one attached hydrogen (secondary N) is 2. The Kier molecular flexibility index (Phi) is 15.1. The molecule has 6 heterocycles. The van der Waals surface area contributed by atoms with Gasteiger partial charge in [-0.2, -0.15) is 5.10 Å². The van der Waals surface area contributed by atoms with E-state index >= 15 is 0 Å². The van der Waals surface area contributed by atoms with Crippen LogP contribution in [-0.2, 0) is 34.3 Å². The highest BCUT2D eigenvalue weighted by Crippen LogP contribution is 2.39. The molecule has 0 radical (unpaired) electrons. The minimum Gasteiger partial charge on any atom is -0.490 e. The fourth-order valence-corrected chi connectivity index (χ4v) is 13.0. The Balaban J connectivity index is 0.683. The standard InChI is InChI=1S/C62H71N9O6S/c1-38(69-32-34-70(35-33-69)42-22-25-47-51(36-42)68(6)67-56(47)48-27-29-55(72)65-59(48)74)12-9-13-40-20-23-43(24-21-40)76-52-18-11-15-44(39(52)2)45-26-28-54(64-57(45)60(75)77-62(3,4)5)71-31-30-41-14-10-16-46(49(41)37-71)58(73)66-61-63-50-17-7-8-19-53(50)78-61/h7-8,10-11,14-19,22,25-26,28,36,38,40,43,48H,9,12-13,20-21,23-24,27,29-35,37H2,1-6H3,(H,63,66,73)(H,65,72,74)/t38-,40?,43?,48?/m1/s1. The Bertz CT molecular complexity index is 3370. The van der Waals surface area contributed by atoms with E-state index < -0.39 is 17.5 Å². The van der Waals surface area contributed by atoms with E-state index in [0.29, 0.717) is 60.0 Å². The Hall–Kier alpha value is -7.17. The van der Waals surface area contributed by atoms with Crippen molar-refractivity contribution in [3.05, 3.63) is 125 Å². The van der Waals surface area contributed by atoms with E-state index in [0.717, 1.165) is 113 Å². The van der Waals surface area contributed by atoms with Crippen LogP contribution in [0.2, 0.25) is 0 Å². The molecular weight excluding hydrogens is 999 g/mol. The van der Waals surface area contributed by atoms with Gasteiger partial charge in [0.25, 0.3) is 5.91 Å². The zero-order chi connectivity index (χ0) is 54.2. The number of amides is 3. The van der Waals surface area contributed by atoms with Gasteiger partial charge in [0.15, 0.2) is 10.8 Å². The summed E-state index contributed by atoms with van der Waals surface area (Å²) in [6.45, 7) is 15.1. The number of para-hydroxylation sites is 1. The predicted molar refractivity (Wildman–Crippen MR) is 308 cm³/mol. The van der Waals surface area contributed by atoms with Crippen LogP contribution in [0.5, 0.6) is 5.75 Å². The number of aryl methyl sites for hydroxylation is 1. The van der Waals surface area contributed by atoms with Crippen molar-refractivity contribution in [2.45, 2.75) is 129 Å². The number of fused-ring (bicyclic) bond motifs is 3. The maximum atomic E-state index is 14.1. The summed E-state index contributed by atoms with van der Waals surface area (Å²) < 4.78 is 15.7. The number of hydrogen-bond acceptors (Lipinski definition) is 13. The van der Waals surface area contributed by atoms with Gasteiger partial charge < -0.3 is 19.3 Å². The number of imide groups is 1. The lowest BCUT2D eigenvalue weighted by atomic mass is 9.84. The normalized spacial score (nSPS) is 19.6. The number of pyridine rings is 1. The maximum Gasteiger partial charge on any atom is 0.358 e. The topological polar surface area (TPSA) is 164 Å². The highest BCUT2D eigenvalue weighted by Gasteiger charge is 2.33.